The molecular formula is C15H23N3O4S2. The molecule has 0 aliphatic carbocycles. The van der Waals surface area contributed by atoms with Gasteiger partial charge < -0.3 is 5.32 Å². The average molecular weight is 374 g/mol. The van der Waals surface area contributed by atoms with Crippen LogP contribution in [-0.2, 0) is 20.0 Å². The van der Waals surface area contributed by atoms with E-state index >= 15 is 0 Å². The number of hydrogen-bond acceptors (Lipinski definition) is 5. The van der Waals surface area contributed by atoms with E-state index in [9.17, 15) is 16.8 Å². The zero-order valence-electron chi connectivity index (χ0n) is 13.8. The summed E-state index contributed by atoms with van der Waals surface area (Å²) in [7, 11) is -4.92. The van der Waals surface area contributed by atoms with Gasteiger partial charge in [-0.1, -0.05) is 12.1 Å². The Morgan fingerprint density at radius 1 is 1.00 bits per heavy atom. The van der Waals surface area contributed by atoms with Gasteiger partial charge in [-0.3, -0.25) is 0 Å². The third kappa shape index (κ3) is 2.88. The highest BCUT2D eigenvalue weighted by molar-refractivity contribution is 7.92. The predicted molar refractivity (Wildman–Crippen MR) is 90.6 cm³/mol. The molecule has 0 spiro atoms. The minimum Gasteiger partial charge on any atom is -0.315 e. The van der Waals surface area contributed by atoms with Crippen LogP contribution in [0.4, 0.5) is 0 Å². The van der Waals surface area contributed by atoms with Crippen LogP contribution in [0.15, 0.2) is 34.1 Å². The van der Waals surface area contributed by atoms with Crippen molar-refractivity contribution in [2.75, 3.05) is 27.2 Å². The van der Waals surface area contributed by atoms with Gasteiger partial charge in [0.1, 0.15) is 9.79 Å². The summed E-state index contributed by atoms with van der Waals surface area (Å²) < 4.78 is 54.3. The van der Waals surface area contributed by atoms with E-state index in [0.29, 0.717) is 6.54 Å². The van der Waals surface area contributed by atoms with Gasteiger partial charge in [-0.2, -0.15) is 4.31 Å². The van der Waals surface area contributed by atoms with Crippen LogP contribution in [0.25, 0.3) is 0 Å². The van der Waals surface area contributed by atoms with Gasteiger partial charge in [-0.25, -0.2) is 21.1 Å². The molecular weight excluding hydrogens is 350 g/mol. The molecule has 2 fully saturated rings. The second kappa shape index (κ2) is 6.38. The molecule has 9 heteroatoms. The van der Waals surface area contributed by atoms with Gasteiger partial charge in [0.05, 0.1) is 0 Å². The Bertz CT molecular complexity index is 807. The summed E-state index contributed by atoms with van der Waals surface area (Å²) in [6, 6.07) is 5.69. The lowest BCUT2D eigenvalue weighted by Crippen LogP contribution is -2.43. The zero-order chi connectivity index (χ0) is 17.5. The number of nitrogens with zero attached hydrogens (tertiary/aromatic N) is 2. The summed E-state index contributed by atoms with van der Waals surface area (Å²) >= 11 is 0. The molecule has 1 aromatic rings. The quantitative estimate of drug-likeness (QED) is 0.828. The Labute approximate surface area is 143 Å². The van der Waals surface area contributed by atoms with Gasteiger partial charge in [0.2, 0.25) is 20.0 Å². The smallest absolute Gasteiger partial charge is 0.244 e. The molecule has 1 N–H and O–H groups in total. The molecule has 1 aromatic carbocycles. The average Bonchev–Trinajstić information content (AvgIpc) is 2.81. The van der Waals surface area contributed by atoms with Crippen LogP contribution in [0.2, 0.25) is 0 Å². The van der Waals surface area contributed by atoms with Gasteiger partial charge in [0.25, 0.3) is 0 Å². The van der Waals surface area contributed by atoms with E-state index in [1.165, 1.54) is 30.5 Å². The highest BCUT2D eigenvalue weighted by Gasteiger charge is 2.44. The van der Waals surface area contributed by atoms with Crippen LogP contribution >= 0.6 is 0 Å². The van der Waals surface area contributed by atoms with E-state index in [0.717, 1.165) is 30.1 Å². The molecule has 2 saturated heterocycles. The number of benzene rings is 1. The molecule has 0 aromatic heterocycles. The van der Waals surface area contributed by atoms with Crippen molar-refractivity contribution in [1.29, 1.82) is 0 Å². The Morgan fingerprint density at radius 3 is 2.29 bits per heavy atom. The van der Waals surface area contributed by atoms with Crippen molar-refractivity contribution in [2.45, 2.75) is 41.1 Å². The Hall–Kier alpha value is -1.00. The second-order valence-electron chi connectivity index (χ2n) is 6.45. The number of hydrogen-bond donors (Lipinski definition) is 1. The molecule has 2 atom stereocenters. The first-order valence-electron chi connectivity index (χ1n) is 8.02. The van der Waals surface area contributed by atoms with Crippen molar-refractivity contribution in [3.63, 3.8) is 0 Å². The van der Waals surface area contributed by atoms with Crippen LogP contribution in [0, 0.1) is 0 Å². The molecule has 2 unspecified atom stereocenters. The molecule has 2 bridgehead atoms. The Kier molecular flexibility index (Phi) is 4.73. The largest absolute Gasteiger partial charge is 0.315 e. The summed E-state index contributed by atoms with van der Waals surface area (Å²) in [5, 5.41) is 3.26. The molecule has 0 amide bonds. The standard InChI is InChI=1S/C15H23N3O4S2/c1-17(2)23(19,20)14-5-3-4-6-15(14)24(21,22)18-12-7-8-13(18)11-16-10-9-12/h3-6,12-13,16H,7-11H2,1-2H3. The van der Waals surface area contributed by atoms with E-state index in [2.05, 4.69) is 5.32 Å². The summed E-state index contributed by atoms with van der Waals surface area (Å²) in [6.07, 6.45) is 2.38. The molecule has 0 saturated carbocycles. The SMILES string of the molecule is CN(C)S(=O)(=O)c1ccccc1S(=O)(=O)N1C2CCNCC1CC2. The molecule has 2 heterocycles. The summed E-state index contributed by atoms with van der Waals surface area (Å²) in [5.41, 5.74) is 0. The first-order valence-corrected chi connectivity index (χ1v) is 10.9. The third-order valence-electron chi connectivity index (χ3n) is 4.75. The molecule has 2 aliphatic heterocycles. The van der Waals surface area contributed by atoms with Crippen molar-refractivity contribution in [3.8, 4) is 0 Å². The molecule has 24 heavy (non-hydrogen) atoms. The molecule has 2 aliphatic rings. The van der Waals surface area contributed by atoms with Crippen LogP contribution in [-0.4, -0.2) is 64.7 Å². The van der Waals surface area contributed by atoms with Crippen molar-refractivity contribution in [1.82, 2.24) is 13.9 Å². The molecule has 134 valence electrons. The normalized spacial score (nSPS) is 25.8. The van der Waals surface area contributed by atoms with E-state index in [1.807, 2.05) is 0 Å². The van der Waals surface area contributed by atoms with Crippen molar-refractivity contribution in [3.05, 3.63) is 24.3 Å². The highest BCUT2D eigenvalue weighted by atomic mass is 32.2. The van der Waals surface area contributed by atoms with E-state index in [1.54, 1.807) is 12.1 Å². The van der Waals surface area contributed by atoms with Gasteiger partial charge in [0.15, 0.2) is 0 Å². The minimum absolute atomic E-state index is 0.0647. The third-order valence-corrected chi connectivity index (χ3v) is 8.82. The molecule has 3 rings (SSSR count). The lowest BCUT2D eigenvalue weighted by Gasteiger charge is -2.28. The fraction of sp³-hybridized carbons (Fsp3) is 0.600. The first-order chi connectivity index (χ1) is 11.3. The van der Waals surface area contributed by atoms with Gasteiger partial charge in [0, 0.05) is 32.7 Å². The van der Waals surface area contributed by atoms with Crippen LogP contribution < -0.4 is 5.32 Å². The highest BCUT2D eigenvalue weighted by Crippen LogP contribution is 2.35. The van der Waals surface area contributed by atoms with Crippen LogP contribution in [0.5, 0.6) is 0 Å². The maximum absolute atomic E-state index is 13.3. The van der Waals surface area contributed by atoms with E-state index in [-0.39, 0.29) is 21.9 Å². The second-order valence-corrected chi connectivity index (χ2v) is 10.4. The van der Waals surface area contributed by atoms with E-state index < -0.39 is 20.0 Å². The van der Waals surface area contributed by atoms with Gasteiger partial charge in [-0.15, -0.1) is 0 Å². The Balaban J connectivity index is 2.12. The number of rotatable bonds is 4. The summed E-state index contributed by atoms with van der Waals surface area (Å²) in [4.78, 5) is -0.288. The van der Waals surface area contributed by atoms with E-state index in [4.69, 9.17) is 0 Å². The van der Waals surface area contributed by atoms with Gasteiger partial charge in [-0.05, 0) is 37.9 Å². The topological polar surface area (TPSA) is 86.8 Å². The predicted octanol–water partition coefficient (Wildman–Crippen LogP) is 0.452. The molecule has 7 nitrogen and oxygen atoms in total. The van der Waals surface area contributed by atoms with Crippen molar-refractivity contribution < 1.29 is 16.8 Å². The van der Waals surface area contributed by atoms with Gasteiger partial charge >= 0.3 is 0 Å². The lowest BCUT2D eigenvalue weighted by atomic mass is 10.1. The fourth-order valence-corrected chi connectivity index (χ4v) is 7.09. The maximum Gasteiger partial charge on any atom is 0.244 e. The number of fused-ring (bicyclic) bond motifs is 2. The monoisotopic (exact) mass is 373 g/mol. The first kappa shape index (κ1) is 17.8. The molecule has 0 radical (unpaired) electrons. The summed E-state index contributed by atoms with van der Waals surface area (Å²) in [6.45, 7) is 1.39. The minimum atomic E-state index is -3.88. The fourth-order valence-electron chi connectivity index (χ4n) is 3.52. The Morgan fingerprint density at radius 2 is 1.62 bits per heavy atom. The maximum atomic E-state index is 13.3. The van der Waals surface area contributed by atoms with Crippen molar-refractivity contribution >= 4 is 20.0 Å². The van der Waals surface area contributed by atoms with Crippen LogP contribution in [0.3, 0.4) is 0 Å². The zero-order valence-corrected chi connectivity index (χ0v) is 15.5. The van der Waals surface area contributed by atoms with Crippen LogP contribution in [0.1, 0.15) is 19.3 Å². The van der Waals surface area contributed by atoms with Crippen molar-refractivity contribution in [2.24, 2.45) is 0 Å². The number of sulfonamides is 2. The number of nitrogens with one attached hydrogen (secondary N) is 1. The lowest BCUT2D eigenvalue weighted by molar-refractivity contribution is 0.333. The summed E-state index contributed by atoms with van der Waals surface area (Å²) in [5.74, 6) is 0.